The molecule has 3 N–H and O–H groups in total. The van der Waals surface area contributed by atoms with Crippen molar-refractivity contribution in [3.05, 3.63) is 21.0 Å². The van der Waals surface area contributed by atoms with E-state index in [4.69, 9.17) is 10.8 Å². The number of aliphatic carboxylic acids is 1. The maximum atomic E-state index is 12.4. The fourth-order valence-electron chi connectivity index (χ4n) is 1.07. The number of alkyl halides is 2. The molecule has 1 rings (SSSR count). The SMILES string of the molecule is Nc1c(CC(=O)O)cc(I)nc1C(F)F. The van der Waals surface area contributed by atoms with Gasteiger partial charge >= 0.3 is 5.97 Å². The van der Waals surface area contributed by atoms with E-state index < -0.39 is 18.1 Å². The quantitative estimate of drug-likeness (QED) is 0.656. The summed E-state index contributed by atoms with van der Waals surface area (Å²) in [5.41, 5.74) is 4.76. The lowest BCUT2D eigenvalue weighted by Gasteiger charge is -2.08. The number of hydrogen-bond acceptors (Lipinski definition) is 3. The highest BCUT2D eigenvalue weighted by atomic mass is 127. The maximum Gasteiger partial charge on any atom is 0.307 e. The van der Waals surface area contributed by atoms with Crippen molar-refractivity contribution in [1.82, 2.24) is 4.98 Å². The Morgan fingerprint density at radius 1 is 1.67 bits per heavy atom. The van der Waals surface area contributed by atoms with Gasteiger partial charge in [-0.2, -0.15) is 0 Å². The van der Waals surface area contributed by atoms with Crippen molar-refractivity contribution in [3.63, 3.8) is 0 Å². The van der Waals surface area contributed by atoms with E-state index in [1.54, 1.807) is 22.6 Å². The van der Waals surface area contributed by atoms with Crippen LogP contribution in [0.15, 0.2) is 6.07 Å². The Labute approximate surface area is 97.6 Å². The first-order chi connectivity index (χ1) is 6.91. The predicted octanol–water partition coefficient (Wildman–Crippen LogP) is 1.83. The summed E-state index contributed by atoms with van der Waals surface area (Å²) in [6.45, 7) is 0. The third-order valence-electron chi connectivity index (χ3n) is 1.69. The lowest BCUT2D eigenvalue weighted by molar-refractivity contribution is -0.136. The van der Waals surface area contributed by atoms with E-state index in [2.05, 4.69) is 4.98 Å². The maximum absolute atomic E-state index is 12.4. The molecular weight excluding hydrogens is 321 g/mol. The van der Waals surface area contributed by atoms with Gasteiger partial charge < -0.3 is 10.8 Å². The second kappa shape index (κ2) is 4.69. The van der Waals surface area contributed by atoms with Gasteiger partial charge in [-0.05, 0) is 34.2 Å². The number of anilines is 1. The first-order valence-electron chi connectivity index (χ1n) is 3.86. The summed E-state index contributed by atoms with van der Waals surface area (Å²) in [5.74, 6) is -1.12. The largest absolute Gasteiger partial charge is 0.481 e. The molecule has 4 nitrogen and oxygen atoms in total. The van der Waals surface area contributed by atoms with Crippen LogP contribution in [0.1, 0.15) is 17.7 Å². The van der Waals surface area contributed by atoms with Crippen molar-refractivity contribution in [2.75, 3.05) is 5.73 Å². The molecule has 0 fully saturated rings. The number of hydrogen-bond donors (Lipinski definition) is 2. The highest BCUT2D eigenvalue weighted by Crippen LogP contribution is 2.27. The number of pyridine rings is 1. The lowest BCUT2D eigenvalue weighted by Crippen LogP contribution is -2.09. The van der Waals surface area contributed by atoms with E-state index in [1.165, 1.54) is 6.07 Å². The summed E-state index contributed by atoms with van der Waals surface area (Å²) in [4.78, 5) is 14.0. The zero-order valence-electron chi connectivity index (χ0n) is 7.38. The van der Waals surface area contributed by atoms with Crippen LogP contribution in [0.2, 0.25) is 0 Å². The molecule has 7 heteroatoms. The van der Waals surface area contributed by atoms with E-state index in [1.807, 2.05) is 0 Å². The molecule has 0 radical (unpaired) electrons. The number of carboxylic acid groups (broad SMARTS) is 1. The van der Waals surface area contributed by atoms with Gasteiger partial charge in [0.05, 0.1) is 12.1 Å². The first-order valence-corrected chi connectivity index (χ1v) is 4.94. The van der Waals surface area contributed by atoms with Gasteiger partial charge in [-0.1, -0.05) is 0 Å². The molecule has 82 valence electrons. The Balaban J connectivity index is 3.21. The van der Waals surface area contributed by atoms with E-state index in [0.717, 1.165) is 0 Å². The molecule has 0 bridgehead atoms. The number of halogens is 3. The van der Waals surface area contributed by atoms with Gasteiger partial charge in [0, 0.05) is 0 Å². The van der Waals surface area contributed by atoms with Gasteiger partial charge in [0.2, 0.25) is 0 Å². The topological polar surface area (TPSA) is 76.2 Å². The fraction of sp³-hybridized carbons (Fsp3) is 0.250. The van der Waals surface area contributed by atoms with Crippen LogP contribution in [0.5, 0.6) is 0 Å². The highest BCUT2D eigenvalue weighted by Gasteiger charge is 2.18. The van der Waals surface area contributed by atoms with Crippen LogP contribution >= 0.6 is 22.6 Å². The molecule has 0 aromatic carbocycles. The molecule has 0 amide bonds. The van der Waals surface area contributed by atoms with Crippen LogP contribution in [-0.2, 0) is 11.2 Å². The normalized spacial score (nSPS) is 10.7. The Bertz CT molecular complexity index is 398. The van der Waals surface area contributed by atoms with Crippen molar-refractivity contribution in [2.45, 2.75) is 12.8 Å². The van der Waals surface area contributed by atoms with E-state index in [9.17, 15) is 13.6 Å². The molecule has 0 saturated carbocycles. The molecule has 0 spiro atoms. The third kappa shape index (κ3) is 2.98. The molecule has 1 aromatic heterocycles. The van der Waals surface area contributed by atoms with Gasteiger partial charge in [-0.25, -0.2) is 13.8 Å². The molecule has 0 aliphatic rings. The zero-order chi connectivity index (χ0) is 11.6. The molecule has 0 aliphatic heterocycles. The molecule has 1 aromatic rings. The van der Waals surface area contributed by atoms with Crippen LogP contribution in [0.4, 0.5) is 14.5 Å². The highest BCUT2D eigenvalue weighted by molar-refractivity contribution is 14.1. The summed E-state index contributed by atoms with van der Waals surface area (Å²) >= 11 is 1.73. The number of nitrogen functional groups attached to an aromatic ring is 1. The van der Waals surface area contributed by atoms with Crippen molar-refractivity contribution in [1.29, 1.82) is 0 Å². The fourth-order valence-corrected chi connectivity index (χ4v) is 1.70. The van der Waals surface area contributed by atoms with Gasteiger partial charge in [-0.3, -0.25) is 4.79 Å². The van der Waals surface area contributed by atoms with Crippen LogP contribution < -0.4 is 5.73 Å². The summed E-state index contributed by atoms with van der Waals surface area (Å²) in [6, 6.07) is 1.38. The second-order valence-electron chi connectivity index (χ2n) is 2.77. The van der Waals surface area contributed by atoms with Gasteiger partial charge in [0.25, 0.3) is 6.43 Å². The molecule has 1 heterocycles. The molecule has 0 saturated heterocycles. The minimum Gasteiger partial charge on any atom is -0.481 e. The number of carbonyl (C=O) groups is 1. The molecule has 0 aliphatic carbocycles. The number of nitrogens with two attached hydrogens (primary N) is 1. The number of rotatable bonds is 3. The molecule has 0 atom stereocenters. The predicted molar refractivity (Wildman–Crippen MR) is 57.7 cm³/mol. The van der Waals surface area contributed by atoms with Crippen molar-refractivity contribution in [2.24, 2.45) is 0 Å². The molecule has 0 unspecified atom stereocenters. The van der Waals surface area contributed by atoms with Gasteiger partial charge in [0.15, 0.2) is 0 Å². The Kier molecular flexibility index (Phi) is 3.77. The standard InChI is InChI=1S/C8H7F2IN2O2/c9-8(10)7-6(12)3(2-5(14)15)1-4(11)13-7/h1,8H,2,12H2,(H,14,15). The van der Waals surface area contributed by atoms with Gasteiger partial charge in [-0.15, -0.1) is 0 Å². The Morgan fingerprint density at radius 2 is 2.27 bits per heavy atom. The van der Waals surface area contributed by atoms with Crippen LogP contribution in [0.3, 0.4) is 0 Å². The summed E-state index contributed by atoms with van der Waals surface area (Å²) < 4.78 is 25.2. The lowest BCUT2D eigenvalue weighted by atomic mass is 10.1. The number of aromatic nitrogens is 1. The summed E-state index contributed by atoms with van der Waals surface area (Å²) in [7, 11) is 0. The number of carboxylic acids is 1. The average molecular weight is 328 g/mol. The van der Waals surface area contributed by atoms with E-state index in [-0.39, 0.29) is 17.7 Å². The Hall–Kier alpha value is -0.990. The number of nitrogens with zero attached hydrogens (tertiary/aromatic N) is 1. The summed E-state index contributed by atoms with van der Waals surface area (Å²) in [6.07, 6.45) is -3.18. The van der Waals surface area contributed by atoms with Crippen LogP contribution in [0, 0.1) is 3.70 Å². The van der Waals surface area contributed by atoms with Crippen molar-refractivity contribution < 1.29 is 18.7 Å². The van der Waals surface area contributed by atoms with E-state index in [0.29, 0.717) is 3.70 Å². The average Bonchev–Trinajstić information content (AvgIpc) is 2.09. The van der Waals surface area contributed by atoms with Crippen LogP contribution in [0.25, 0.3) is 0 Å². The Morgan fingerprint density at radius 3 is 2.73 bits per heavy atom. The zero-order valence-corrected chi connectivity index (χ0v) is 9.53. The first kappa shape index (κ1) is 12.1. The van der Waals surface area contributed by atoms with Crippen LogP contribution in [-0.4, -0.2) is 16.1 Å². The smallest absolute Gasteiger partial charge is 0.307 e. The van der Waals surface area contributed by atoms with Crippen molar-refractivity contribution >= 4 is 34.2 Å². The molecular formula is C8H7F2IN2O2. The second-order valence-corrected chi connectivity index (χ2v) is 3.88. The summed E-state index contributed by atoms with van der Waals surface area (Å²) in [5, 5.41) is 8.55. The minimum absolute atomic E-state index is 0.164. The minimum atomic E-state index is -2.80. The monoisotopic (exact) mass is 328 g/mol. The van der Waals surface area contributed by atoms with Crippen molar-refractivity contribution in [3.8, 4) is 0 Å². The van der Waals surface area contributed by atoms with Gasteiger partial charge in [0.1, 0.15) is 9.39 Å². The third-order valence-corrected chi connectivity index (χ3v) is 2.24. The molecule has 15 heavy (non-hydrogen) atoms. The van der Waals surface area contributed by atoms with E-state index >= 15 is 0 Å².